The van der Waals surface area contributed by atoms with Crippen LogP contribution in [-0.2, 0) is 14.3 Å². The second-order valence-corrected chi connectivity index (χ2v) is 5.13. The van der Waals surface area contributed by atoms with Crippen molar-refractivity contribution >= 4 is 58.6 Å². The Labute approximate surface area is 139 Å². The Hall–Kier alpha value is 0.200. The topological polar surface area (TPSA) is 64.6 Å². The van der Waals surface area contributed by atoms with Gasteiger partial charge < -0.3 is 14.8 Å². The van der Waals surface area contributed by atoms with Gasteiger partial charge in [-0.05, 0) is 56.2 Å². The van der Waals surface area contributed by atoms with Crippen molar-refractivity contribution in [2.45, 2.75) is 45.6 Å². The van der Waals surface area contributed by atoms with Crippen molar-refractivity contribution in [2.24, 2.45) is 0 Å². The summed E-state index contributed by atoms with van der Waals surface area (Å²) in [5.74, 6) is -0.198. The number of ether oxygens (including phenoxy) is 2. The molecule has 108 valence electrons. The molecule has 0 unspecified atom stereocenters. The van der Waals surface area contributed by atoms with Gasteiger partial charge in [-0.2, -0.15) is 0 Å². The Balaban J connectivity index is 0. The van der Waals surface area contributed by atoms with Crippen LogP contribution in [0.1, 0.15) is 40.0 Å². The first kappa shape index (κ1) is 20.5. The fourth-order valence-electron chi connectivity index (χ4n) is 1.03. The van der Waals surface area contributed by atoms with E-state index in [0.29, 0.717) is 24.0 Å². The first-order valence-corrected chi connectivity index (χ1v) is 7.06. The lowest BCUT2D eigenvalue weighted by atomic mass is 10.2. The van der Waals surface area contributed by atoms with Crippen LogP contribution in [-0.4, -0.2) is 28.8 Å². The molecule has 0 saturated carbocycles. The number of hydrogen-bond donors (Lipinski definition) is 1. The molecule has 1 amide bonds. The second kappa shape index (κ2) is 11.1. The lowest BCUT2D eigenvalue weighted by molar-refractivity contribution is -0.141. The number of nitrogens with one attached hydrogen (secondary N) is 1. The molecular formula is C11H21I2NO4. The molecule has 0 aliphatic rings. The maximum absolute atomic E-state index is 11.2. The third-order valence-electron chi connectivity index (χ3n) is 1.69. The molecule has 0 spiro atoms. The highest BCUT2D eigenvalue weighted by atomic mass is 127. The van der Waals surface area contributed by atoms with Crippen molar-refractivity contribution in [1.29, 1.82) is 0 Å². The molecule has 7 heteroatoms. The van der Waals surface area contributed by atoms with Crippen LogP contribution in [0.25, 0.3) is 0 Å². The molecule has 0 rings (SSSR count). The molecule has 0 saturated heterocycles. The molecule has 0 aromatic heterocycles. The number of amides is 1. The van der Waals surface area contributed by atoms with Crippen LogP contribution in [0.5, 0.6) is 0 Å². The fraction of sp³-hybridized carbons (Fsp3) is 0.818. The number of hydrogen-bond acceptors (Lipinski definition) is 4. The zero-order valence-corrected chi connectivity index (χ0v) is 15.4. The van der Waals surface area contributed by atoms with Crippen molar-refractivity contribution in [3.63, 3.8) is 0 Å². The van der Waals surface area contributed by atoms with Crippen molar-refractivity contribution in [2.75, 3.05) is 11.2 Å². The van der Waals surface area contributed by atoms with E-state index in [-0.39, 0.29) is 29.9 Å². The van der Waals surface area contributed by atoms with Gasteiger partial charge in [-0.3, -0.25) is 4.79 Å². The molecule has 5 nitrogen and oxygen atoms in total. The van der Waals surface area contributed by atoms with Gasteiger partial charge in [0.05, 0.1) is 0 Å². The quantitative estimate of drug-likeness (QED) is 0.272. The van der Waals surface area contributed by atoms with Gasteiger partial charge in [-0.25, -0.2) is 4.79 Å². The molecule has 0 heterocycles. The summed E-state index contributed by atoms with van der Waals surface area (Å²) in [7, 11) is 0. The summed E-state index contributed by atoms with van der Waals surface area (Å²) in [6, 6.07) is 0. The van der Waals surface area contributed by atoms with E-state index >= 15 is 0 Å². The number of halogens is 2. The minimum absolute atomic E-state index is 0. The van der Waals surface area contributed by atoms with E-state index in [4.69, 9.17) is 9.47 Å². The van der Waals surface area contributed by atoms with Crippen LogP contribution in [0.3, 0.4) is 0 Å². The number of carbonyl (C=O) groups is 2. The van der Waals surface area contributed by atoms with Gasteiger partial charge in [0.2, 0.25) is 0 Å². The van der Waals surface area contributed by atoms with Crippen molar-refractivity contribution < 1.29 is 19.1 Å². The Morgan fingerprint density at radius 2 is 1.83 bits per heavy atom. The van der Waals surface area contributed by atoms with Crippen LogP contribution >= 0.6 is 46.6 Å². The van der Waals surface area contributed by atoms with Crippen molar-refractivity contribution in [3.05, 3.63) is 0 Å². The first-order valence-electron chi connectivity index (χ1n) is 5.53. The maximum atomic E-state index is 11.2. The maximum Gasteiger partial charge on any atom is 0.407 e. The molecule has 0 aliphatic heterocycles. The normalized spacial score (nSPS) is 10.2. The predicted octanol–water partition coefficient (Wildman–Crippen LogP) is 3.24. The fourth-order valence-corrected chi connectivity index (χ4v) is 1.38. The largest absolute Gasteiger partial charge is 0.455 e. The third kappa shape index (κ3) is 14.3. The summed E-state index contributed by atoms with van der Waals surface area (Å²) in [5.41, 5.74) is -0.478. The standard InChI is InChI=1S/C11H20INO4.HI/c1-11(2,3)17-10(15)13-7-5-4-6-9(14)16-8-12;/h4-8H2,1-3H3,(H,13,15);1H. The minimum atomic E-state index is -0.478. The number of alkyl halides is 1. The van der Waals surface area contributed by atoms with E-state index < -0.39 is 11.7 Å². The van der Waals surface area contributed by atoms with E-state index in [1.807, 2.05) is 43.4 Å². The molecular weight excluding hydrogens is 464 g/mol. The highest BCUT2D eigenvalue weighted by Crippen LogP contribution is 2.06. The van der Waals surface area contributed by atoms with E-state index in [9.17, 15) is 9.59 Å². The highest BCUT2D eigenvalue weighted by molar-refractivity contribution is 14.1. The average Bonchev–Trinajstić information content (AvgIpc) is 2.14. The predicted molar refractivity (Wildman–Crippen MR) is 88.5 cm³/mol. The highest BCUT2D eigenvalue weighted by Gasteiger charge is 2.15. The monoisotopic (exact) mass is 485 g/mol. The first-order chi connectivity index (χ1) is 7.85. The third-order valence-corrected chi connectivity index (χ3v) is 2.00. The molecule has 0 aliphatic carbocycles. The summed E-state index contributed by atoms with van der Waals surface area (Å²) in [4.78, 5) is 22.2. The molecule has 0 fully saturated rings. The molecule has 18 heavy (non-hydrogen) atoms. The molecule has 0 radical (unpaired) electrons. The summed E-state index contributed by atoms with van der Waals surface area (Å²) in [6.45, 7) is 5.94. The Morgan fingerprint density at radius 1 is 1.22 bits per heavy atom. The number of rotatable bonds is 6. The lowest BCUT2D eigenvalue weighted by Crippen LogP contribution is -2.33. The van der Waals surface area contributed by atoms with Crippen molar-refractivity contribution in [3.8, 4) is 0 Å². The van der Waals surface area contributed by atoms with E-state index in [2.05, 4.69) is 5.32 Å². The zero-order chi connectivity index (χ0) is 13.3. The number of alkyl carbamates (subject to hydrolysis) is 1. The smallest absolute Gasteiger partial charge is 0.407 e. The van der Waals surface area contributed by atoms with Gasteiger partial charge >= 0.3 is 12.1 Å². The number of carbonyl (C=O) groups excluding carboxylic acids is 2. The molecule has 0 aromatic rings. The van der Waals surface area contributed by atoms with Gasteiger partial charge in [0.15, 0.2) is 0 Å². The molecule has 0 bridgehead atoms. The van der Waals surface area contributed by atoms with Gasteiger partial charge in [0, 0.05) is 13.0 Å². The number of esters is 1. The van der Waals surface area contributed by atoms with Crippen LogP contribution in [0.2, 0.25) is 0 Å². The lowest BCUT2D eigenvalue weighted by Gasteiger charge is -2.19. The van der Waals surface area contributed by atoms with Crippen LogP contribution < -0.4 is 5.32 Å². The summed E-state index contributed by atoms with van der Waals surface area (Å²) >= 11 is 1.98. The summed E-state index contributed by atoms with van der Waals surface area (Å²) in [5, 5.41) is 2.63. The Bertz CT molecular complexity index is 254. The minimum Gasteiger partial charge on any atom is -0.455 e. The van der Waals surface area contributed by atoms with Gasteiger partial charge in [0.25, 0.3) is 0 Å². The van der Waals surface area contributed by atoms with E-state index in [1.54, 1.807) is 0 Å². The van der Waals surface area contributed by atoms with Crippen LogP contribution in [0.4, 0.5) is 4.79 Å². The van der Waals surface area contributed by atoms with E-state index in [0.717, 1.165) is 6.42 Å². The van der Waals surface area contributed by atoms with Crippen LogP contribution in [0.15, 0.2) is 0 Å². The second-order valence-electron chi connectivity index (χ2n) is 4.51. The average molecular weight is 485 g/mol. The Morgan fingerprint density at radius 3 is 2.33 bits per heavy atom. The van der Waals surface area contributed by atoms with Gasteiger partial charge in [-0.15, -0.1) is 24.0 Å². The molecule has 0 atom stereocenters. The van der Waals surface area contributed by atoms with Crippen molar-refractivity contribution in [1.82, 2.24) is 5.32 Å². The SMILES string of the molecule is CC(C)(C)OC(=O)NCCCCC(=O)OCI.I. The summed E-state index contributed by atoms with van der Waals surface area (Å²) in [6.07, 6.45) is 1.40. The molecule has 1 N–H and O–H groups in total. The number of unbranched alkanes of at least 4 members (excludes halogenated alkanes) is 1. The van der Waals surface area contributed by atoms with Gasteiger partial charge in [-0.1, -0.05) is 0 Å². The van der Waals surface area contributed by atoms with E-state index in [1.165, 1.54) is 0 Å². The Kier molecular flexibility index (Phi) is 12.6. The van der Waals surface area contributed by atoms with Gasteiger partial charge in [0.1, 0.15) is 10.2 Å². The molecule has 0 aromatic carbocycles. The summed E-state index contributed by atoms with van der Waals surface area (Å²) < 4.78 is 10.2. The zero-order valence-electron chi connectivity index (χ0n) is 11.0. The van der Waals surface area contributed by atoms with Crippen LogP contribution in [0, 0.1) is 0 Å².